The largest absolute Gasteiger partial charge is 0.436 e. The van der Waals surface area contributed by atoms with Crippen LogP contribution in [0.5, 0.6) is 0 Å². The van der Waals surface area contributed by atoms with Crippen molar-refractivity contribution < 1.29 is 4.42 Å². The smallest absolute Gasteiger partial charge is 0.227 e. The minimum atomic E-state index is 0.597. The van der Waals surface area contributed by atoms with Gasteiger partial charge in [0.2, 0.25) is 5.89 Å². The van der Waals surface area contributed by atoms with E-state index < -0.39 is 0 Å². The fraction of sp³-hybridized carbons (Fsp3) is 0. The van der Waals surface area contributed by atoms with E-state index in [9.17, 15) is 0 Å². The van der Waals surface area contributed by atoms with Crippen molar-refractivity contribution >= 4 is 65.0 Å². The van der Waals surface area contributed by atoms with Crippen molar-refractivity contribution in [3.8, 4) is 11.5 Å². The molecule has 6 rings (SSSR count). The monoisotopic (exact) mass is 385 g/mol. The molecule has 0 bridgehead atoms. The summed E-state index contributed by atoms with van der Waals surface area (Å²) in [6, 6.07) is 24.9. The summed E-state index contributed by atoms with van der Waals surface area (Å²) in [5.41, 5.74) is 2.40. The Morgan fingerprint density at radius 1 is 0.815 bits per heavy atom. The van der Waals surface area contributed by atoms with Gasteiger partial charge in [-0.15, -0.1) is 11.3 Å². The zero-order valence-corrected chi connectivity index (χ0v) is 15.6. The molecule has 2 heterocycles. The predicted octanol–water partition coefficient (Wildman–Crippen LogP) is 7.67. The van der Waals surface area contributed by atoms with Crippen molar-refractivity contribution in [1.29, 1.82) is 0 Å². The summed E-state index contributed by atoms with van der Waals surface area (Å²) < 4.78 is 8.44. The maximum absolute atomic E-state index is 6.77. The predicted molar refractivity (Wildman–Crippen MR) is 115 cm³/mol. The summed E-state index contributed by atoms with van der Waals surface area (Å²) in [4.78, 5) is 4.73. The molecule has 4 heteroatoms. The zero-order valence-electron chi connectivity index (χ0n) is 14.1. The number of hydrogen-bond acceptors (Lipinski definition) is 3. The Labute approximate surface area is 163 Å². The molecule has 0 radical (unpaired) electrons. The van der Waals surface area contributed by atoms with Crippen LogP contribution in [0.3, 0.4) is 0 Å². The molecular formula is C23H12ClNOS. The first-order valence-corrected chi connectivity index (χ1v) is 9.87. The lowest BCUT2D eigenvalue weighted by atomic mass is 10.1. The van der Waals surface area contributed by atoms with Crippen LogP contribution in [-0.4, -0.2) is 4.98 Å². The highest BCUT2D eigenvalue weighted by molar-refractivity contribution is 7.26. The van der Waals surface area contributed by atoms with Crippen LogP contribution in [-0.2, 0) is 0 Å². The van der Waals surface area contributed by atoms with Crippen molar-refractivity contribution in [3.63, 3.8) is 0 Å². The van der Waals surface area contributed by atoms with Crippen LogP contribution >= 0.6 is 22.9 Å². The number of aromatic nitrogens is 1. The van der Waals surface area contributed by atoms with Crippen molar-refractivity contribution in [2.75, 3.05) is 0 Å². The zero-order chi connectivity index (χ0) is 18.0. The molecule has 0 amide bonds. The summed E-state index contributed by atoms with van der Waals surface area (Å²) in [5.74, 6) is 0.597. The SMILES string of the molecule is Clc1c2nc(-c3ccc4ccccc4c3)oc2cc2sc3ccccc3c12. The molecule has 2 nitrogen and oxygen atoms in total. The van der Waals surface area contributed by atoms with Crippen molar-refractivity contribution in [2.24, 2.45) is 0 Å². The molecule has 0 aliphatic rings. The Morgan fingerprint density at radius 2 is 1.63 bits per heavy atom. The first-order valence-electron chi connectivity index (χ1n) is 8.67. The number of hydrogen-bond donors (Lipinski definition) is 0. The summed E-state index contributed by atoms with van der Waals surface area (Å²) in [7, 11) is 0. The lowest BCUT2D eigenvalue weighted by molar-refractivity contribution is 0.620. The number of nitrogens with zero attached hydrogens (tertiary/aromatic N) is 1. The first-order chi connectivity index (χ1) is 13.3. The molecule has 0 N–H and O–H groups in total. The second-order valence-corrected chi connectivity index (χ2v) is 8.05. The van der Waals surface area contributed by atoms with E-state index in [1.807, 2.05) is 30.3 Å². The van der Waals surface area contributed by atoms with Crippen LogP contribution in [0.1, 0.15) is 0 Å². The van der Waals surface area contributed by atoms with E-state index in [1.54, 1.807) is 11.3 Å². The van der Waals surface area contributed by atoms with Gasteiger partial charge in [-0.3, -0.25) is 0 Å². The van der Waals surface area contributed by atoms with Gasteiger partial charge in [-0.25, -0.2) is 4.98 Å². The Balaban J connectivity index is 1.62. The van der Waals surface area contributed by atoms with Gasteiger partial charge >= 0.3 is 0 Å². The van der Waals surface area contributed by atoms with Crippen LogP contribution in [0, 0.1) is 0 Å². The van der Waals surface area contributed by atoms with Gasteiger partial charge in [0.05, 0.1) is 5.02 Å². The third kappa shape index (κ3) is 2.22. The Morgan fingerprint density at radius 3 is 2.56 bits per heavy atom. The highest BCUT2D eigenvalue weighted by Gasteiger charge is 2.17. The van der Waals surface area contributed by atoms with Crippen LogP contribution in [0.2, 0.25) is 5.02 Å². The minimum absolute atomic E-state index is 0.597. The quantitative estimate of drug-likeness (QED) is 0.290. The van der Waals surface area contributed by atoms with Crippen LogP contribution < -0.4 is 0 Å². The summed E-state index contributed by atoms with van der Waals surface area (Å²) in [5, 5.41) is 5.25. The first kappa shape index (κ1) is 15.2. The van der Waals surface area contributed by atoms with E-state index in [-0.39, 0.29) is 0 Å². The molecule has 0 fully saturated rings. The number of fused-ring (bicyclic) bond motifs is 5. The second-order valence-electron chi connectivity index (χ2n) is 6.59. The third-order valence-electron chi connectivity index (χ3n) is 4.96. The fourth-order valence-corrected chi connectivity index (χ4v) is 5.20. The summed E-state index contributed by atoms with van der Waals surface area (Å²) in [6.45, 7) is 0. The van der Waals surface area contributed by atoms with Crippen molar-refractivity contribution in [3.05, 3.63) is 77.8 Å². The number of thiophene rings is 1. The molecule has 0 atom stereocenters. The maximum Gasteiger partial charge on any atom is 0.227 e. The van der Waals surface area contributed by atoms with E-state index >= 15 is 0 Å². The second kappa shape index (κ2) is 5.56. The molecule has 128 valence electrons. The van der Waals surface area contributed by atoms with Crippen LogP contribution in [0.25, 0.3) is 53.5 Å². The lowest BCUT2D eigenvalue weighted by Gasteiger charge is -1.99. The average molecular weight is 386 g/mol. The fourth-order valence-electron chi connectivity index (χ4n) is 3.66. The number of halogens is 1. The maximum atomic E-state index is 6.77. The molecule has 4 aromatic carbocycles. The minimum Gasteiger partial charge on any atom is -0.436 e. The molecule has 6 aromatic rings. The topological polar surface area (TPSA) is 26.0 Å². The Hall–Kier alpha value is -2.88. The molecule has 0 aliphatic carbocycles. The van der Waals surface area contributed by atoms with E-state index in [0.29, 0.717) is 10.9 Å². The van der Waals surface area contributed by atoms with Gasteiger partial charge < -0.3 is 4.42 Å². The standard InChI is InChI=1S/C23H12ClNOS/c24-21-20-16-7-3-4-8-18(16)27-19(20)12-17-22(21)25-23(26-17)15-10-9-13-5-1-2-6-14(13)11-15/h1-12H. The average Bonchev–Trinajstić information content (AvgIpc) is 3.29. The van der Waals surface area contributed by atoms with Gasteiger partial charge in [0, 0.05) is 31.8 Å². The molecular weight excluding hydrogens is 374 g/mol. The number of benzene rings is 4. The molecule has 0 saturated heterocycles. The number of rotatable bonds is 1. The van der Waals surface area contributed by atoms with E-state index in [1.165, 1.54) is 15.5 Å². The highest BCUT2D eigenvalue weighted by Crippen LogP contribution is 2.42. The van der Waals surface area contributed by atoms with Gasteiger partial charge in [-0.2, -0.15) is 0 Å². The van der Waals surface area contributed by atoms with Gasteiger partial charge in [-0.05, 0) is 29.0 Å². The van der Waals surface area contributed by atoms with Gasteiger partial charge in [-0.1, -0.05) is 60.1 Å². The number of oxazole rings is 1. The highest BCUT2D eigenvalue weighted by atomic mass is 35.5. The van der Waals surface area contributed by atoms with Crippen LogP contribution in [0.4, 0.5) is 0 Å². The summed E-state index contributed by atoms with van der Waals surface area (Å²) >= 11 is 8.50. The Kier molecular flexibility index (Phi) is 3.13. The van der Waals surface area contributed by atoms with Crippen LogP contribution in [0.15, 0.2) is 77.2 Å². The Bertz CT molecular complexity index is 1490. The normalized spacial score (nSPS) is 11.9. The van der Waals surface area contributed by atoms with Gasteiger partial charge in [0.1, 0.15) is 5.52 Å². The van der Waals surface area contributed by atoms with Crippen molar-refractivity contribution in [2.45, 2.75) is 0 Å². The third-order valence-corrected chi connectivity index (χ3v) is 6.45. The van der Waals surface area contributed by atoms with Gasteiger partial charge in [0.25, 0.3) is 0 Å². The lowest BCUT2D eigenvalue weighted by Crippen LogP contribution is -1.79. The molecule has 0 spiro atoms. The molecule has 2 aromatic heterocycles. The molecule has 0 unspecified atom stereocenters. The summed E-state index contributed by atoms with van der Waals surface area (Å²) in [6.07, 6.45) is 0. The molecule has 27 heavy (non-hydrogen) atoms. The van der Waals surface area contributed by atoms with E-state index in [4.69, 9.17) is 21.0 Å². The van der Waals surface area contributed by atoms with Gasteiger partial charge in [0.15, 0.2) is 5.58 Å². The molecule has 0 aliphatic heterocycles. The van der Waals surface area contributed by atoms with E-state index in [0.717, 1.165) is 32.1 Å². The van der Waals surface area contributed by atoms with E-state index in [2.05, 4.69) is 42.5 Å². The molecule has 0 saturated carbocycles. The van der Waals surface area contributed by atoms with Crippen molar-refractivity contribution in [1.82, 2.24) is 4.98 Å².